The van der Waals surface area contributed by atoms with Crippen molar-refractivity contribution in [2.24, 2.45) is 0 Å². The fraction of sp³-hybridized carbons (Fsp3) is 0.375. The minimum Gasteiger partial charge on any atom is -0.493 e. The maximum absolute atomic E-state index is 12.8. The maximum Gasteiger partial charge on any atom is 0.230 e. The number of likely N-dealkylation sites (tertiary alicyclic amines) is 1. The van der Waals surface area contributed by atoms with Crippen molar-refractivity contribution in [1.82, 2.24) is 25.0 Å². The molecule has 1 aromatic heterocycles. The molecular formula is C24H27N5O2S. The van der Waals surface area contributed by atoms with E-state index < -0.39 is 0 Å². The van der Waals surface area contributed by atoms with Gasteiger partial charge >= 0.3 is 0 Å². The summed E-state index contributed by atoms with van der Waals surface area (Å²) in [7, 11) is 0. The van der Waals surface area contributed by atoms with E-state index in [4.69, 9.17) is 4.74 Å². The molecule has 2 aliphatic rings. The highest BCUT2D eigenvalue weighted by Gasteiger charge is 2.24. The Kier molecular flexibility index (Phi) is 6.41. The molecular weight excluding hydrogens is 422 g/mol. The van der Waals surface area contributed by atoms with Gasteiger partial charge < -0.3 is 10.1 Å². The van der Waals surface area contributed by atoms with Gasteiger partial charge in [-0.05, 0) is 44.1 Å². The van der Waals surface area contributed by atoms with E-state index >= 15 is 0 Å². The zero-order valence-corrected chi connectivity index (χ0v) is 18.8. The number of hydrogen-bond donors (Lipinski definition) is 1. The number of carbonyl (C=O) groups excluding carboxylic acids is 1. The van der Waals surface area contributed by atoms with E-state index in [2.05, 4.69) is 37.1 Å². The SMILES string of the molecule is O=C(CSc1nnc(CN2CCCC2)n1-c1ccccc1)N[C@H]1CCOc2ccccc21. The average Bonchev–Trinajstić information content (AvgIpc) is 3.49. The monoisotopic (exact) mass is 449 g/mol. The molecule has 32 heavy (non-hydrogen) atoms. The second-order valence-electron chi connectivity index (χ2n) is 8.14. The summed E-state index contributed by atoms with van der Waals surface area (Å²) in [5.41, 5.74) is 2.06. The summed E-state index contributed by atoms with van der Waals surface area (Å²) in [6, 6.07) is 18.0. The zero-order chi connectivity index (χ0) is 21.8. The molecule has 0 saturated carbocycles. The van der Waals surface area contributed by atoms with Crippen LogP contribution in [0.5, 0.6) is 5.75 Å². The minimum absolute atomic E-state index is 0.0135. The first-order chi connectivity index (χ1) is 15.8. The molecule has 1 fully saturated rings. The van der Waals surface area contributed by atoms with Crippen LogP contribution in [0, 0.1) is 0 Å². The second-order valence-corrected chi connectivity index (χ2v) is 9.08. The predicted octanol–water partition coefficient (Wildman–Crippen LogP) is 3.60. The summed E-state index contributed by atoms with van der Waals surface area (Å²) in [5, 5.41) is 12.8. The molecule has 7 nitrogen and oxygen atoms in total. The second kappa shape index (κ2) is 9.75. The third-order valence-electron chi connectivity index (χ3n) is 5.90. The molecule has 0 aliphatic carbocycles. The van der Waals surface area contributed by atoms with Gasteiger partial charge in [0.25, 0.3) is 0 Å². The third-order valence-corrected chi connectivity index (χ3v) is 6.83. The largest absolute Gasteiger partial charge is 0.493 e. The smallest absolute Gasteiger partial charge is 0.230 e. The highest BCUT2D eigenvalue weighted by molar-refractivity contribution is 7.99. The fourth-order valence-electron chi connectivity index (χ4n) is 4.33. The highest BCUT2D eigenvalue weighted by atomic mass is 32.2. The first-order valence-electron chi connectivity index (χ1n) is 11.1. The molecule has 0 radical (unpaired) electrons. The predicted molar refractivity (Wildman–Crippen MR) is 124 cm³/mol. The summed E-state index contributed by atoms with van der Waals surface area (Å²) in [4.78, 5) is 15.2. The molecule has 1 N–H and O–H groups in total. The van der Waals surface area contributed by atoms with Gasteiger partial charge in [-0.1, -0.05) is 48.2 Å². The Balaban J connectivity index is 1.29. The standard InChI is InChI=1S/C24H27N5O2S/c30-23(25-20-12-15-31-21-11-5-4-10-19(20)21)17-32-24-27-26-22(16-28-13-6-7-14-28)29(24)18-8-2-1-3-9-18/h1-5,8-11,20H,6-7,12-17H2,(H,25,30)/t20-/m0/s1. The van der Waals surface area contributed by atoms with Gasteiger partial charge in [-0.15, -0.1) is 10.2 Å². The highest BCUT2D eigenvalue weighted by Crippen LogP contribution is 2.32. The van der Waals surface area contributed by atoms with Gasteiger partial charge in [0.05, 0.1) is 24.9 Å². The summed E-state index contributed by atoms with van der Waals surface area (Å²) in [6.45, 7) is 3.57. The number of thioether (sulfide) groups is 1. The van der Waals surface area contributed by atoms with E-state index in [-0.39, 0.29) is 17.7 Å². The zero-order valence-electron chi connectivity index (χ0n) is 17.9. The Bertz CT molecular complexity index is 1070. The van der Waals surface area contributed by atoms with Gasteiger partial charge in [0.1, 0.15) is 5.75 Å². The summed E-state index contributed by atoms with van der Waals surface area (Å²) < 4.78 is 7.79. The summed E-state index contributed by atoms with van der Waals surface area (Å²) in [5.74, 6) is 2.04. The number of amides is 1. The molecule has 2 aromatic carbocycles. The average molecular weight is 450 g/mol. The van der Waals surface area contributed by atoms with Crippen molar-refractivity contribution < 1.29 is 9.53 Å². The van der Waals surface area contributed by atoms with E-state index in [1.807, 2.05) is 42.5 Å². The van der Waals surface area contributed by atoms with Gasteiger partial charge in [0.2, 0.25) is 5.91 Å². The molecule has 0 unspecified atom stereocenters. The van der Waals surface area contributed by atoms with E-state index in [1.165, 1.54) is 24.6 Å². The Labute approximate surface area is 192 Å². The Morgan fingerprint density at radius 3 is 2.69 bits per heavy atom. The number of benzene rings is 2. The van der Waals surface area contributed by atoms with E-state index in [0.29, 0.717) is 6.61 Å². The van der Waals surface area contributed by atoms with Crippen LogP contribution in [0.25, 0.3) is 5.69 Å². The van der Waals surface area contributed by atoms with Crippen LogP contribution in [0.15, 0.2) is 59.8 Å². The van der Waals surface area contributed by atoms with E-state index in [9.17, 15) is 4.79 Å². The summed E-state index contributed by atoms with van der Waals surface area (Å²) in [6.07, 6.45) is 3.24. The number of para-hydroxylation sites is 2. The van der Waals surface area contributed by atoms with Crippen molar-refractivity contribution in [3.63, 3.8) is 0 Å². The van der Waals surface area contributed by atoms with Gasteiger partial charge in [-0.3, -0.25) is 14.3 Å². The van der Waals surface area contributed by atoms with E-state index in [1.54, 1.807) is 0 Å². The maximum atomic E-state index is 12.8. The molecule has 166 valence electrons. The molecule has 3 heterocycles. The summed E-state index contributed by atoms with van der Waals surface area (Å²) >= 11 is 1.43. The third kappa shape index (κ3) is 4.66. The van der Waals surface area contributed by atoms with Gasteiger partial charge in [-0.25, -0.2) is 0 Å². The van der Waals surface area contributed by atoms with Crippen molar-refractivity contribution in [2.75, 3.05) is 25.4 Å². The lowest BCUT2D eigenvalue weighted by Crippen LogP contribution is -2.33. The number of nitrogens with zero attached hydrogens (tertiary/aromatic N) is 4. The van der Waals surface area contributed by atoms with Crippen molar-refractivity contribution in [2.45, 2.75) is 37.0 Å². The van der Waals surface area contributed by atoms with Crippen LogP contribution in [0.2, 0.25) is 0 Å². The lowest BCUT2D eigenvalue weighted by atomic mass is 10.0. The Morgan fingerprint density at radius 2 is 1.84 bits per heavy atom. The van der Waals surface area contributed by atoms with Crippen LogP contribution < -0.4 is 10.1 Å². The number of hydrogen-bond acceptors (Lipinski definition) is 6. The van der Waals surface area contributed by atoms with Crippen molar-refractivity contribution in [3.05, 3.63) is 66.0 Å². The van der Waals surface area contributed by atoms with Crippen molar-refractivity contribution in [3.8, 4) is 11.4 Å². The molecule has 0 spiro atoms. The van der Waals surface area contributed by atoms with Crippen LogP contribution >= 0.6 is 11.8 Å². The molecule has 0 bridgehead atoms. The van der Waals surface area contributed by atoms with Crippen molar-refractivity contribution in [1.29, 1.82) is 0 Å². The number of aromatic nitrogens is 3. The van der Waals surface area contributed by atoms with Crippen molar-refractivity contribution >= 4 is 17.7 Å². The lowest BCUT2D eigenvalue weighted by molar-refractivity contribution is -0.119. The molecule has 5 rings (SSSR count). The number of carbonyl (C=O) groups is 1. The lowest BCUT2D eigenvalue weighted by Gasteiger charge is -2.26. The van der Waals surface area contributed by atoms with Crippen LogP contribution in [-0.2, 0) is 11.3 Å². The Hall–Kier alpha value is -2.84. The molecule has 1 saturated heterocycles. The first kappa shape index (κ1) is 21.0. The minimum atomic E-state index is -0.0224. The van der Waals surface area contributed by atoms with Gasteiger partial charge in [0, 0.05) is 17.7 Å². The molecule has 8 heteroatoms. The number of nitrogens with one attached hydrogen (secondary N) is 1. The fourth-order valence-corrected chi connectivity index (χ4v) is 5.11. The quantitative estimate of drug-likeness (QED) is 0.556. The molecule has 2 aliphatic heterocycles. The number of ether oxygens (including phenoxy) is 1. The van der Waals surface area contributed by atoms with Gasteiger partial charge in [0.15, 0.2) is 11.0 Å². The normalized spacial score (nSPS) is 18.2. The molecule has 1 atom stereocenters. The number of fused-ring (bicyclic) bond motifs is 1. The van der Waals surface area contributed by atoms with E-state index in [0.717, 1.165) is 54.0 Å². The Morgan fingerprint density at radius 1 is 1.06 bits per heavy atom. The van der Waals surface area contributed by atoms with Crippen LogP contribution in [0.1, 0.15) is 36.7 Å². The topological polar surface area (TPSA) is 72.3 Å². The first-order valence-corrected chi connectivity index (χ1v) is 12.1. The molecule has 3 aromatic rings. The van der Waals surface area contributed by atoms with Crippen LogP contribution in [-0.4, -0.2) is 51.0 Å². The van der Waals surface area contributed by atoms with Gasteiger partial charge in [-0.2, -0.15) is 0 Å². The number of rotatable bonds is 7. The van der Waals surface area contributed by atoms with Crippen LogP contribution in [0.3, 0.4) is 0 Å². The molecule has 1 amide bonds. The van der Waals surface area contributed by atoms with Crippen LogP contribution in [0.4, 0.5) is 0 Å².